The van der Waals surface area contributed by atoms with Crippen molar-refractivity contribution in [2.75, 3.05) is 5.73 Å². The predicted octanol–water partition coefficient (Wildman–Crippen LogP) is 2.71. The van der Waals surface area contributed by atoms with Crippen molar-refractivity contribution in [2.24, 2.45) is 0 Å². The molecule has 0 aliphatic carbocycles. The Morgan fingerprint density at radius 1 is 1.08 bits per heavy atom. The summed E-state index contributed by atoms with van der Waals surface area (Å²) in [6.07, 6.45) is 0. The standard InChI is InChI=1S/C10H9NS/c11-8-4-5-9-7(6-8)2-1-3-10(9)12/h1-6,12H,11H2. The number of hydrogen-bond acceptors (Lipinski definition) is 2. The third-order valence-electron chi connectivity index (χ3n) is 1.88. The first-order chi connectivity index (χ1) is 5.77. The maximum atomic E-state index is 5.65. The van der Waals surface area contributed by atoms with Crippen molar-refractivity contribution >= 4 is 29.1 Å². The van der Waals surface area contributed by atoms with Crippen LogP contribution in [0.3, 0.4) is 0 Å². The molecule has 0 spiro atoms. The molecule has 0 aromatic heterocycles. The number of rotatable bonds is 0. The van der Waals surface area contributed by atoms with Gasteiger partial charge in [0.1, 0.15) is 0 Å². The minimum absolute atomic E-state index is 0.793. The molecule has 0 radical (unpaired) electrons. The van der Waals surface area contributed by atoms with Crippen LogP contribution in [0.5, 0.6) is 0 Å². The molecule has 0 aliphatic rings. The van der Waals surface area contributed by atoms with Gasteiger partial charge in [0.2, 0.25) is 0 Å². The summed E-state index contributed by atoms with van der Waals surface area (Å²) in [7, 11) is 0. The average Bonchev–Trinajstić information content (AvgIpc) is 2.04. The van der Waals surface area contributed by atoms with Crippen molar-refractivity contribution in [3.63, 3.8) is 0 Å². The maximum Gasteiger partial charge on any atom is 0.0320 e. The summed E-state index contributed by atoms with van der Waals surface area (Å²) in [5.74, 6) is 0. The fourth-order valence-electron chi connectivity index (χ4n) is 1.29. The summed E-state index contributed by atoms with van der Waals surface area (Å²) in [5.41, 5.74) is 6.44. The van der Waals surface area contributed by atoms with Gasteiger partial charge in [-0.1, -0.05) is 18.2 Å². The molecule has 2 aromatic rings. The molecular weight excluding hydrogens is 166 g/mol. The van der Waals surface area contributed by atoms with Crippen LogP contribution >= 0.6 is 12.6 Å². The van der Waals surface area contributed by atoms with Crippen LogP contribution in [0.1, 0.15) is 0 Å². The monoisotopic (exact) mass is 175 g/mol. The molecule has 0 saturated heterocycles. The number of thiol groups is 1. The lowest BCUT2D eigenvalue weighted by molar-refractivity contribution is 1.56. The van der Waals surface area contributed by atoms with Crippen LogP contribution in [-0.4, -0.2) is 0 Å². The highest BCUT2D eigenvalue weighted by Crippen LogP contribution is 2.23. The van der Waals surface area contributed by atoms with Crippen LogP contribution in [0.15, 0.2) is 41.3 Å². The molecule has 0 atom stereocenters. The zero-order chi connectivity index (χ0) is 8.55. The summed E-state index contributed by atoms with van der Waals surface area (Å²) in [5, 5.41) is 2.29. The van der Waals surface area contributed by atoms with Crippen molar-refractivity contribution in [1.29, 1.82) is 0 Å². The smallest absolute Gasteiger partial charge is 0.0320 e. The number of anilines is 1. The van der Waals surface area contributed by atoms with Gasteiger partial charge >= 0.3 is 0 Å². The van der Waals surface area contributed by atoms with Gasteiger partial charge in [-0.05, 0) is 29.0 Å². The van der Waals surface area contributed by atoms with E-state index in [-0.39, 0.29) is 0 Å². The van der Waals surface area contributed by atoms with Gasteiger partial charge in [-0.3, -0.25) is 0 Å². The fraction of sp³-hybridized carbons (Fsp3) is 0. The zero-order valence-corrected chi connectivity index (χ0v) is 7.38. The first-order valence-corrected chi connectivity index (χ1v) is 4.19. The van der Waals surface area contributed by atoms with E-state index in [0.29, 0.717) is 0 Å². The molecule has 2 N–H and O–H groups in total. The SMILES string of the molecule is Nc1ccc2c(S)cccc2c1. The lowest BCUT2D eigenvalue weighted by Gasteiger charge is -2.01. The molecule has 1 nitrogen and oxygen atoms in total. The van der Waals surface area contributed by atoms with E-state index in [1.165, 1.54) is 0 Å². The average molecular weight is 175 g/mol. The number of fused-ring (bicyclic) bond motifs is 1. The molecular formula is C10H9NS. The minimum atomic E-state index is 0.793. The Kier molecular flexibility index (Phi) is 1.70. The summed E-state index contributed by atoms with van der Waals surface area (Å²) < 4.78 is 0. The van der Waals surface area contributed by atoms with E-state index in [2.05, 4.69) is 12.6 Å². The number of benzene rings is 2. The second-order valence-electron chi connectivity index (χ2n) is 2.76. The first kappa shape index (κ1) is 7.50. The molecule has 2 heteroatoms. The van der Waals surface area contributed by atoms with Crippen LogP contribution in [-0.2, 0) is 0 Å². The lowest BCUT2D eigenvalue weighted by Crippen LogP contribution is -1.83. The molecule has 0 amide bonds. The van der Waals surface area contributed by atoms with E-state index in [0.717, 1.165) is 21.4 Å². The Bertz CT molecular complexity index is 423. The molecule has 0 unspecified atom stereocenters. The van der Waals surface area contributed by atoms with Crippen molar-refractivity contribution in [3.8, 4) is 0 Å². The van der Waals surface area contributed by atoms with E-state index in [9.17, 15) is 0 Å². The van der Waals surface area contributed by atoms with E-state index in [4.69, 9.17) is 5.73 Å². The second kappa shape index (κ2) is 2.72. The van der Waals surface area contributed by atoms with Gasteiger partial charge < -0.3 is 5.73 Å². The van der Waals surface area contributed by atoms with Gasteiger partial charge in [0.05, 0.1) is 0 Å². The number of hydrogen-bond donors (Lipinski definition) is 2. The van der Waals surface area contributed by atoms with E-state index in [1.54, 1.807) is 0 Å². The molecule has 60 valence electrons. The Hall–Kier alpha value is -1.15. The maximum absolute atomic E-state index is 5.65. The van der Waals surface area contributed by atoms with Crippen LogP contribution in [0.4, 0.5) is 5.69 Å². The molecule has 0 heterocycles. The molecule has 0 fully saturated rings. The van der Waals surface area contributed by atoms with Crippen molar-refractivity contribution in [1.82, 2.24) is 0 Å². The lowest BCUT2D eigenvalue weighted by atomic mass is 10.1. The van der Waals surface area contributed by atoms with Crippen LogP contribution in [0.2, 0.25) is 0 Å². The van der Waals surface area contributed by atoms with Crippen LogP contribution < -0.4 is 5.73 Å². The summed E-state index contributed by atoms with van der Waals surface area (Å²) >= 11 is 4.34. The van der Waals surface area contributed by atoms with Crippen molar-refractivity contribution in [3.05, 3.63) is 36.4 Å². The molecule has 2 rings (SSSR count). The topological polar surface area (TPSA) is 26.0 Å². The van der Waals surface area contributed by atoms with Crippen LogP contribution in [0, 0.1) is 0 Å². The van der Waals surface area contributed by atoms with Gasteiger partial charge in [0.15, 0.2) is 0 Å². The summed E-state index contributed by atoms with van der Waals surface area (Å²) in [6, 6.07) is 11.8. The van der Waals surface area contributed by atoms with E-state index >= 15 is 0 Å². The molecule has 0 bridgehead atoms. The quantitative estimate of drug-likeness (QED) is 0.467. The zero-order valence-electron chi connectivity index (χ0n) is 6.49. The van der Waals surface area contributed by atoms with Crippen LogP contribution in [0.25, 0.3) is 10.8 Å². The third-order valence-corrected chi connectivity index (χ3v) is 2.27. The highest BCUT2D eigenvalue weighted by molar-refractivity contribution is 7.80. The highest BCUT2D eigenvalue weighted by Gasteiger charge is 1.95. The largest absolute Gasteiger partial charge is 0.399 e. The summed E-state index contributed by atoms with van der Waals surface area (Å²) in [4.78, 5) is 0.993. The Balaban J connectivity index is 2.86. The Morgan fingerprint density at radius 2 is 1.92 bits per heavy atom. The fourth-order valence-corrected chi connectivity index (χ4v) is 1.57. The number of nitrogens with two attached hydrogens (primary N) is 1. The van der Waals surface area contributed by atoms with Gasteiger partial charge in [-0.25, -0.2) is 0 Å². The number of nitrogen functional groups attached to an aromatic ring is 1. The Labute approximate surface area is 76.6 Å². The van der Waals surface area contributed by atoms with Gasteiger partial charge in [0, 0.05) is 10.6 Å². The van der Waals surface area contributed by atoms with Gasteiger partial charge in [-0.2, -0.15) is 0 Å². The third kappa shape index (κ3) is 1.14. The van der Waals surface area contributed by atoms with Gasteiger partial charge in [-0.15, -0.1) is 12.6 Å². The molecule has 0 aliphatic heterocycles. The second-order valence-corrected chi connectivity index (χ2v) is 3.24. The van der Waals surface area contributed by atoms with E-state index in [1.807, 2.05) is 36.4 Å². The summed E-state index contributed by atoms with van der Waals surface area (Å²) in [6.45, 7) is 0. The highest BCUT2D eigenvalue weighted by atomic mass is 32.1. The Morgan fingerprint density at radius 3 is 2.75 bits per heavy atom. The minimum Gasteiger partial charge on any atom is -0.399 e. The van der Waals surface area contributed by atoms with Crippen molar-refractivity contribution < 1.29 is 0 Å². The molecule has 12 heavy (non-hydrogen) atoms. The molecule has 0 saturated carbocycles. The van der Waals surface area contributed by atoms with Crippen molar-refractivity contribution in [2.45, 2.75) is 4.90 Å². The van der Waals surface area contributed by atoms with Gasteiger partial charge in [0.25, 0.3) is 0 Å². The first-order valence-electron chi connectivity index (χ1n) is 3.74. The normalized spacial score (nSPS) is 10.4. The molecule has 2 aromatic carbocycles. The predicted molar refractivity (Wildman–Crippen MR) is 55.6 cm³/mol. The van der Waals surface area contributed by atoms with E-state index < -0.39 is 0 Å².